The van der Waals surface area contributed by atoms with Gasteiger partial charge in [-0.05, 0) is 69.8 Å². The molecule has 1 aliphatic rings. The molecule has 0 bridgehead atoms. The molecule has 0 aliphatic carbocycles. The number of hydrogen-bond donors (Lipinski definition) is 0. The molecule has 0 saturated carbocycles. The number of rotatable bonds is 6. The van der Waals surface area contributed by atoms with Gasteiger partial charge in [0, 0.05) is 43.5 Å². The third kappa shape index (κ3) is 5.35. The molecule has 0 radical (unpaired) electrons. The van der Waals surface area contributed by atoms with Gasteiger partial charge in [-0.3, -0.25) is 0 Å². The first-order valence-electron chi connectivity index (χ1n) is 19.3. The smallest absolute Gasteiger partial charge is 0.172 e. The van der Waals surface area contributed by atoms with E-state index in [4.69, 9.17) is 4.98 Å². The second kappa shape index (κ2) is 13.3. The van der Waals surface area contributed by atoms with Crippen LogP contribution in [0.25, 0.3) is 83.4 Å². The topological polar surface area (TPSA) is 34.9 Å². The average Bonchev–Trinajstić information content (AvgIpc) is 3.77. The highest BCUT2D eigenvalue weighted by atomic mass is 31.2. The molecule has 3 nitrogen and oxygen atoms in total. The molecule has 10 aromatic rings. The summed E-state index contributed by atoms with van der Waals surface area (Å²) in [6, 6.07) is 73.9. The van der Waals surface area contributed by atoms with E-state index in [2.05, 4.69) is 162 Å². The molecule has 11 rings (SSSR count). The number of nitrogens with zero attached hydrogens (tertiary/aromatic N) is 2. The highest BCUT2D eigenvalue weighted by molar-refractivity contribution is 7.86. The first-order chi connectivity index (χ1) is 28.1. The molecule has 0 amide bonds. The molecule has 0 spiro atoms. The Balaban J connectivity index is 1.05. The Labute approximate surface area is 331 Å². The van der Waals surface area contributed by atoms with Crippen molar-refractivity contribution in [1.82, 2.24) is 9.55 Å². The predicted molar refractivity (Wildman–Crippen MR) is 239 cm³/mol. The van der Waals surface area contributed by atoms with Crippen molar-refractivity contribution in [3.05, 3.63) is 212 Å². The van der Waals surface area contributed by atoms with Crippen LogP contribution >= 0.6 is 7.14 Å². The molecule has 2 aromatic heterocycles. The number of benzene rings is 8. The number of para-hydroxylation sites is 1. The second-order valence-electron chi connectivity index (χ2n) is 14.7. The van der Waals surface area contributed by atoms with Crippen LogP contribution in [0.3, 0.4) is 0 Å². The number of fused-ring (bicyclic) bond motifs is 7. The van der Waals surface area contributed by atoms with Crippen molar-refractivity contribution in [2.45, 2.75) is 0 Å². The molecule has 1 atom stereocenters. The van der Waals surface area contributed by atoms with E-state index in [1.807, 2.05) is 54.6 Å². The Morgan fingerprint density at radius 1 is 0.404 bits per heavy atom. The van der Waals surface area contributed by atoms with Crippen molar-refractivity contribution in [3.63, 3.8) is 0 Å². The standard InChI is InChI=1S/C53H35N2OP/c56-57(43-18-8-3-9-19-43)51-23-13-11-20-44(51)45-32-33-50-52(53(45)57)46-21-10-12-22-49(46)55(50)42-30-28-40(29-31-42)48-35-41(34-47(54-48)39-16-6-2-7-17-39)38-26-24-37(25-27-38)36-14-4-1-5-15-36/h1-35H. The third-order valence-electron chi connectivity index (χ3n) is 11.4. The Bertz CT molecular complexity index is 3170. The predicted octanol–water partition coefficient (Wildman–Crippen LogP) is 12.5. The van der Waals surface area contributed by atoms with Gasteiger partial charge in [-0.1, -0.05) is 176 Å². The average molecular weight is 747 g/mol. The summed E-state index contributed by atoms with van der Waals surface area (Å²) >= 11 is 0. The molecular weight excluding hydrogens is 712 g/mol. The summed E-state index contributed by atoms with van der Waals surface area (Å²) < 4.78 is 18.1. The van der Waals surface area contributed by atoms with Crippen LogP contribution < -0.4 is 15.9 Å². The van der Waals surface area contributed by atoms with Gasteiger partial charge >= 0.3 is 0 Å². The summed E-state index contributed by atoms with van der Waals surface area (Å²) in [5.41, 5.74) is 13.8. The van der Waals surface area contributed by atoms with E-state index < -0.39 is 7.14 Å². The molecule has 0 saturated heterocycles. The fraction of sp³-hybridized carbons (Fsp3) is 0. The Morgan fingerprint density at radius 2 is 0.930 bits per heavy atom. The number of hydrogen-bond acceptors (Lipinski definition) is 2. The van der Waals surface area contributed by atoms with Gasteiger partial charge in [-0.25, -0.2) is 4.98 Å². The normalized spacial score (nSPS) is 14.5. The minimum atomic E-state index is -3.18. The van der Waals surface area contributed by atoms with Crippen LogP contribution in [0.4, 0.5) is 0 Å². The van der Waals surface area contributed by atoms with Gasteiger partial charge in [0.1, 0.15) is 0 Å². The fourth-order valence-electron chi connectivity index (χ4n) is 8.74. The van der Waals surface area contributed by atoms with Crippen LogP contribution in [-0.2, 0) is 4.57 Å². The van der Waals surface area contributed by atoms with E-state index in [1.54, 1.807) is 0 Å². The summed E-state index contributed by atoms with van der Waals surface area (Å²) in [6.07, 6.45) is 0. The van der Waals surface area contributed by atoms with Gasteiger partial charge in [-0.15, -0.1) is 0 Å². The Morgan fingerprint density at radius 3 is 1.63 bits per heavy atom. The lowest BCUT2D eigenvalue weighted by molar-refractivity contribution is 0.593. The lowest BCUT2D eigenvalue weighted by atomic mass is 9.97. The fourth-order valence-corrected chi connectivity index (χ4v) is 12.0. The van der Waals surface area contributed by atoms with Crippen LogP contribution in [0.5, 0.6) is 0 Å². The lowest BCUT2D eigenvalue weighted by Crippen LogP contribution is -2.21. The van der Waals surface area contributed by atoms with Gasteiger partial charge < -0.3 is 9.13 Å². The summed E-state index contributed by atoms with van der Waals surface area (Å²) in [7, 11) is -3.18. The van der Waals surface area contributed by atoms with Crippen molar-refractivity contribution in [2.75, 3.05) is 0 Å². The first-order valence-corrected chi connectivity index (χ1v) is 21.0. The SMILES string of the molecule is O=P1(c2ccccc2)c2ccccc2-c2ccc3c(c21)c1ccccc1n3-c1ccc(-c2cc(-c3ccc(-c4ccccc4)cc3)cc(-c3ccccc3)n2)cc1. The molecule has 0 N–H and O–H groups in total. The van der Waals surface area contributed by atoms with Gasteiger partial charge in [0.05, 0.1) is 22.4 Å². The molecule has 57 heavy (non-hydrogen) atoms. The van der Waals surface area contributed by atoms with E-state index in [0.29, 0.717) is 0 Å². The van der Waals surface area contributed by atoms with Crippen molar-refractivity contribution in [1.29, 1.82) is 0 Å². The maximum atomic E-state index is 15.8. The van der Waals surface area contributed by atoms with Gasteiger partial charge in [0.2, 0.25) is 0 Å². The monoisotopic (exact) mass is 746 g/mol. The first kappa shape index (κ1) is 33.3. The largest absolute Gasteiger partial charge is 0.309 e. The molecule has 268 valence electrons. The van der Waals surface area contributed by atoms with E-state index in [-0.39, 0.29) is 0 Å². The van der Waals surface area contributed by atoms with Crippen molar-refractivity contribution in [3.8, 4) is 61.6 Å². The van der Waals surface area contributed by atoms with Crippen molar-refractivity contribution in [2.24, 2.45) is 0 Å². The van der Waals surface area contributed by atoms with Crippen LogP contribution in [0.2, 0.25) is 0 Å². The highest BCUT2D eigenvalue weighted by Gasteiger charge is 2.42. The minimum absolute atomic E-state index is 0.863. The molecule has 8 aromatic carbocycles. The zero-order valence-electron chi connectivity index (χ0n) is 31.0. The molecule has 0 fully saturated rings. The molecule has 1 aliphatic heterocycles. The van der Waals surface area contributed by atoms with Crippen LogP contribution in [-0.4, -0.2) is 9.55 Å². The van der Waals surface area contributed by atoms with E-state index in [1.165, 1.54) is 11.1 Å². The highest BCUT2D eigenvalue weighted by Crippen LogP contribution is 2.55. The summed E-state index contributed by atoms with van der Waals surface area (Å²) in [5.74, 6) is 0. The quantitative estimate of drug-likeness (QED) is 0.159. The summed E-state index contributed by atoms with van der Waals surface area (Å²) in [5, 5.41) is 4.86. The maximum absolute atomic E-state index is 15.8. The molecule has 3 heterocycles. The lowest BCUT2D eigenvalue weighted by Gasteiger charge is -2.17. The van der Waals surface area contributed by atoms with Crippen LogP contribution in [0, 0.1) is 0 Å². The number of aromatic nitrogens is 2. The summed E-state index contributed by atoms with van der Waals surface area (Å²) in [6.45, 7) is 0. The van der Waals surface area contributed by atoms with Crippen molar-refractivity contribution < 1.29 is 4.57 Å². The van der Waals surface area contributed by atoms with Gasteiger partial charge in [-0.2, -0.15) is 0 Å². The van der Waals surface area contributed by atoms with Crippen molar-refractivity contribution >= 4 is 44.9 Å². The molecular formula is C53H35N2OP. The zero-order valence-corrected chi connectivity index (χ0v) is 31.9. The molecule has 1 unspecified atom stereocenters. The van der Waals surface area contributed by atoms with Crippen LogP contribution in [0.15, 0.2) is 212 Å². The summed E-state index contributed by atoms with van der Waals surface area (Å²) in [4.78, 5) is 5.22. The Hall–Kier alpha value is -7.06. The zero-order chi connectivity index (χ0) is 37.9. The third-order valence-corrected chi connectivity index (χ3v) is 14.6. The van der Waals surface area contributed by atoms with E-state index in [0.717, 1.165) is 88.2 Å². The Kier molecular flexibility index (Phi) is 7.77. The van der Waals surface area contributed by atoms with Gasteiger partial charge in [0.25, 0.3) is 0 Å². The maximum Gasteiger partial charge on any atom is 0.172 e. The second-order valence-corrected chi connectivity index (χ2v) is 17.3. The van der Waals surface area contributed by atoms with E-state index >= 15 is 4.57 Å². The van der Waals surface area contributed by atoms with Crippen LogP contribution in [0.1, 0.15) is 0 Å². The number of pyridine rings is 1. The minimum Gasteiger partial charge on any atom is -0.309 e. The van der Waals surface area contributed by atoms with E-state index in [9.17, 15) is 0 Å². The molecule has 4 heteroatoms. The van der Waals surface area contributed by atoms with Gasteiger partial charge in [0.15, 0.2) is 7.14 Å².